The maximum Gasteiger partial charge on any atom is 0.165 e. The van der Waals surface area contributed by atoms with E-state index in [1.54, 1.807) is 25.6 Å². The van der Waals surface area contributed by atoms with Crippen LogP contribution in [-0.2, 0) is 7.05 Å². The quantitative estimate of drug-likeness (QED) is 0.907. The monoisotopic (exact) mass is 266 g/mol. The van der Waals surface area contributed by atoms with Crippen LogP contribution in [0.5, 0.6) is 0 Å². The van der Waals surface area contributed by atoms with E-state index < -0.39 is 17.7 Å². The number of aryl methyl sites for hydroxylation is 3. The van der Waals surface area contributed by atoms with Crippen LogP contribution >= 0.6 is 0 Å². The van der Waals surface area contributed by atoms with Crippen molar-refractivity contribution in [2.24, 2.45) is 7.05 Å². The Balaban J connectivity index is 2.56. The Morgan fingerprint density at radius 1 is 1.16 bits per heavy atom. The number of rotatable bonds is 2. The highest BCUT2D eigenvalue weighted by molar-refractivity contribution is 5.37. The Kier molecular flexibility index (Phi) is 3.41. The van der Waals surface area contributed by atoms with Crippen LogP contribution in [0.3, 0.4) is 0 Å². The molecule has 1 unspecified atom stereocenters. The molecular formula is C14H16F2N2O. The van der Waals surface area contributed by atoms with Gasteiger partial charge in [0.1, 0.15) is 6.10 Å². The molecule has 0 fully saturated rings. The van der Waals surface area contributed by atoms with Gasteiger partial charge < -0.3 is 5.11 Å². The average Bonchev–Trinajstić information content (AvgIpc) is 2.60. The van der Waals surface area contributed by atoms with Crippen molar-refractivity contribution in [3.05, 3.63) is 51.8 Å². The fraction of sp³-hybridized carbons (Fsp3) is 0.357. The van der Waals surface area contributed by atoms with Gasteiger partial charge in [-0.2, -0.15) is 5.10 Å². The smallest absolute Gasteiger partial charge is 0.165 e. The van der Waals surface area contributed by atoms with Crippen LogP contribution in [0, 0.1) is 32.4 Å². The highest BCUT2D eigenvalue weighted by Crippen LogP contribution is 2.30. The van der Waals surface area contributed by atoms with Crippen molar-refractivity contribution < 1.29 is 13.9 Å². The van der Waals surface area contributed by atoms with Crippen LogP contribution in [-0.4, -0.2) is 14.9 Å². The number of halogens is 2. The Morgan fingerprint density at radius 3 is 2.32 bits per heavy atom. The summed E-state index contributed by atoms with van der Waals surface area (Å²) in [5.74, 6) is -1.93. The molecule has 2 aromatic rings. The summed E-state index contributed by atoms with van der Waals surface area (Å²) >= 11 is 0. The standard InChI is InChI=1S/C14H16F2N2O/c1-7-5-6-10(13(16)12(7)15)14(19)11-8(2)17-18(4)9(11)3/h5-6,14,19H,1-4H3. The van der Waals surface area contributed by atoms with Gasteiger partial charge in [0.15, 0.2) is 11.6 Å². The Bertz CT molecular complexity index is 635. The Labute approximate surface area is 110 Å². The van der Waals surface area contributed by atoms with Gasteiger partial charge in [0, 0.05) is 23.9 Å². The van der Waals surface area contributed by atoms with E-state index in [9.17, 15) is 13.9 Å². The number of aromatic nitrogens is 2. The number of nitrogens with zero attached hydrogens (tertiary/aromatic N) is 2. The Morgan fingerprint density at radius 2 is 1.79 bits per heavy atom. The van der Waals surface area contributed by atoms with Crippen molar-refractivity contribution in [2.45, 2.75) is 26.9 Å². The van der Waals surface area contributed by atoms with Gasteiger partial charge in [-0.15, -0.1) is 0 Å². The average molecular weight is 266 g/mol. The number of hydrogen-bond donors (Lipinski definition) is 1. The zero-order chi connectivity index (χ0) is 14.3. The normalized spacial score (nSPS) is 12.8. The van der Waals surface area contributed by atoms with Crippen molar-refractivity contribution in [3.63, 3.8) is 0 Å². The third-order valence-corrected chi connectivity index (χ3v) is 3.44. The predicted octanol–water partition coefficient (Wildman–Crippen LogP) is 2.71. The largest absolute Gasteiger partial charge is 0.383 e. The second kappa shape index (κ2) is 4.74. The summed E-state index contributed by atoms with van der Waals surface area (Å²) in [4.78, 5) is 0. The molecular weight excluding hydrogens is 250 g/mol. The van der Waals surface area contributed by atoms with Crippen molar-refractivity contribution in [1.29, 1.82) is 0 Å². The molecule has 0 aliphatic heterocycles. The van der Waals surface area contributed by atoms with E-state index in [-0.39, 0.29) is 11.1 Å². The van der Waals surface area contributed by atoms with Crippen LogP contribution in [0.1, 0.15) is 34.2 Å². The van der Waals surface area contributed by atoms with E-state index >= 15 is 0 Å². The maximum absolute atomic E-state index is 13.9. The van der Waals surface area contributed by atoms with Crippen LogP contribution in [0.15, 0.2) is 12.1 Å². The molecule has 0 radical (unpaired) electrons. The molecule has 0 amide bonds. The maximum atomic E-state index is 13.9. The summed E-state index contributed by atoms with van der Waals surface area (Å²) in [6.07, 6.45) is -1.22. The molecule has 1 atom stereocenters. The number of benzene rings is 1. The van der Waals surface area contributed by atoms with E-state index in [1.165, 1.54) is 19.1 Å². The zero-order valence-electron chi connectivity index (χ0n) is 11.3. The van der Waals surface area contributed by atoms with Crippen molar-refractivity contribution in [2.75, 3.05) is 0 Å². The molecule has 5 heteroatoms. The summed E-state index contributed by atoms with van der Waals surface area (Å²) in [5.41, 5.74) is 2.00. The molecule has 0 saturated heterocycles. The van der Waals surface area contributed by atoms with Gasteiger partial charge in [-0.05, 0) is 26.3 Å². The summed E-state index contributed by atoms with van der Waals surface area (Å²) in [6.45, 7) is 4.99. The van der Waals surface area contributed by atoms with E-state index in [2.05, 4.69) is 5.10 Å². The van der Waals surface area contributed by atoms with E-state index in [0.717, 1.165) is 5.69 Å². The zero-order valence-corrected chi connectivity index (χ0v) is 11.3. The van der Waals surface area contributed by atoms with Crippen LogP contribution in [0.4, 0.5) is 8.78 Å². The molecule has 0 saturated carbocycles. The lowest BCUT2D eigenvalue weighted by molar-refractivity contribution is 0.211. The third-order valence-electron chi connectivity index (χ3n) is 3.44. The third kappa shape index (κ3) is 2.14. The van der Waals surface area contributed by atoms with Gasteiger partial charge in [-0.25, -0.2) is 8.78 Å². The summed E-state index contributed by atoms with van der Waals surface area (Å²) in [7, 11) is 1.74. The molecule has 102 valence electrons. The Hall–Kier alpha value is -1.75. The number of aliphatic hydroxyl groups excluding tert-OH is 1. The minimum atomic E-state index is -1.22. The van der Waals surface area contributed by atoms with Crippen LogP contribution in [0.2, 0.25) is 0 Å². The van der Waals surface area contributed by atoms with Gasteiger partial charge in [-0.3, -0.25) is 4.68 Å². The predicted molar refractivity (Wildman–Crippen MR) is 67.8 cm³/mol. The first-order valence-electron chi connectivity index (χ1n) is 5.97. The molecule has 3 nitrogen and oxygen atoms in total. The highest BCUT2D eigenvalue weighted by atomic mass is 19.2. The SMILES string of the molecule is Cc1ccc(C(O)c2c(C)nn(C)c2C)c(F)c1F. The molecule has 0 aliphatic rings. The van der Waals surface area contributed by atoms with Crippen molar-refractivity contribution in [3.8, 4) is 0 Å². The molecule has 2 rings (SSSR count). The lowest BCUT2D eigenvalue weighted by atomic mass is 9.98. The fourth-order valence-electron chi connectivity index (χ4n) is 2.21. The second-order valence-corrected chi connectivity index (χ2v) is 4.71. The molecule has 0 aliphatic carbocycles. The molecule has 1 heterocycles. The lowest BCUT2D eigenvalue weighted by Gasteiger charge is -2.14. The summed E-state index contributed by atoms with van der Waals surface area (Å²) < 4.78 is 29.1. The number of aliphatic hydroxyl groups is 1. The molecule has 0 spiro atoms. The summed E-state index contributed by atoms with van der Waals surface area (Å²) in [5, 5.41) is 14.5. The molecule has 1 aromatic carbocycles. The minimum Gasteiger partial charge on any atom is -0.383 e. The van der Waals surface area contributed by atoms with Gasteiger partial charge in [-0.1, -0.05) is 12.1 Å². The number of hydrogen-bond acceptors (Lipinski definition) is 2. The van der Waals surface area contributed by atoms with Gasteiger partial charge in [0.25, 0.3) is 0 Å². The molecule has 19 heavy (non-hydrogen) atoms. The first kappa shape index (κ1) is 13.7. The second-order valence-electron chi connectivity index (χ2n) is 4.71. The van der Waals surface area contributed by atoms with E-state index in [1.807, 2.05) is 0 Å². The first-order valence-corrected chi connectivity index (χ1v) is 5.97. The fourth-order valence-corrected chi connectivity index (χ4v) is 2.21. The van der Waals surface area contributed by atoms with E-state index in [0.29, 0.717) is 11.3 Å². The van der Waals surface area contributed by atoms with E-state index in [4.69, 9.17) is 0 Å². The van der Waals surface area contributed by atoms with Crippen molar-refractivity contribution >= 4 is 0 Å². The highest BCUT2D eigenvalue weighted by Gasteiger charge is 2.24. The topological polar surface area (TPSA) is 38.1 Å². The lowest BCUT2D eigenvalue weighted by Crippen LogP contribution is -2.07. The minimum absolute atomic E-state index is 0.0673. The first-order chi connectivity index (χ1) is 8.84. The summed E-state index contributed by atoms with van der Waals surface area (Å²) in [6, 6.07) is 2.86. The molecule has 0 bridgehead atoms. The van der Waals surface area contributed by atoms with Gasteiger partial charge in [0.2, 0.25) is 0 Å². The van der Waals surface area contributed by atoms with Gasteiger partial charge in [0.05, 0.1) is 5.69 Å². The molecule has 1 aromatic heterocycles. The van der Waals surface area contributed by atoms with Crippen LogP contribution < -0.4 is 0 Å². The molecule has 1 N–H and O–H groups in total. The van der Waals surface area contributed by atoms with Gasteiger partial charge >= 0.3 is 0 Å². The van der Waals surface area contributed by atoms with Crippen LogP contribution in [0.25, 0.3) is 0 Å². The van der Waals surface area contributed by atoms with Crippen molar-refractivity contribution in [1.82, 2.24) is 9.78 Å².